The van der Waals surface area contributed by atoms with Gasteiger partial charge in [-0.1, -0.05) is 38.0 Å². The van der Waals surface area contributed by atoms with Gasteiger partial charge < -0.3 is 14.8 Å². The molecule has 1 atom stereocenters. The van der Waals surface area contributed by atoms with Crippen molar-refractivity contribution in [3.8, 4) is 5.75 Å². The van der Waals surface area contributed by atoms with Gasteiger partial charge in [0.15, 0.2) is 5.76 Å². The van der Waals surface area contributed by atoms with E-state index in [0.717, 1.165) is 12.8 Å². The zero-order valence-corrected chi connectivity index (χ0v) is 12.9. The Morgan fingerprint density at radius 2 is 2.05 bits per heavy atom. The number of hydrogen-bond acceptors (Lipinski definition) is 4. The average Bonchev–Trinajstić information content (AvgIpc) is 2.77. The van der Waals surface area contributed by atoms with Gasteiger partial charge in [0, 0.05) is 0 Å². The van der Waals surface area contributed by atoms with E-state index >= 15 is 0 Å². The first kappa shape index (κ1) is 16.1. The van der Waals surface area contributed by atoms with Crippen molar-refractivity contribution in [3.63, 3.8) is 0 Å². The zero-order valence-electron chi connectivity index (χ0n) is 12.9. The van der Waals surface area contributed by atoms with Crippen molar-refractivity contribution in [1.82, 2.24) is 5.32 Å². The number of aromatic hydroxyl groups is 1. The van der Waals surface area contributed by atoms with Gasteiger partial charge in [0.1, 0.15) is 11.3 Å². The Kier molecular flexibility index (Phi) is 5.20. The SMILES string of the molecule is CCCCC/C=C/C=C/c1oc2c(c(=O)c1O)C(=O)NC2C. The quantitative estimate of drug-likeness (QED) is 0.624. The Balaban J connectivity index is 2.16. The molecule has 0 saturated heterocycles. The molecule has 1 aromatic heterocycles. The minimum absolute atomic E-state index is 0.0744. The normalized spacial score (nSPS) is 17.4. The maximum absolute atomic E-state index is 12.0. The van der Waals surface area contributed by atoms with Gasteiger partial charge in [-0.15, -0.1) is 0 Å². The zero-order chi connectivity index (χ0) is 16.1. The monoisotopic (exact) mass is 303 g/mol. The van der Waals surface area contributed by atoms with Gasteiger partial charge >= 0.3 is 0 Å². The van der Waals surface area contributed by atoms with Crippen LogP contribution in [-0.4, -0.2) is 11.0 Å². The maximum Gasteiger partial charge on any atom is 0.259 e. The molecule has 1 amide bonds. The molecule has 5 nitrogen and oxygen atoms in total. The summed E-state index contributed by atoms with van der Waals surface area (Å²) in [5, 5.41) is 12.5. The molecule has 2 heterocycles. The molecule has 1 aliphatic rings. The van der Waals surface area contributed by atoms with Crippen molar-refractivity contribution >= 4 is 12.0 Å². The molecule has 0 radical (unpaired) electrons. The van der Waals surface area contributed by atoms with Gasteiger partial charge in [-0.2, -0.15) is 0 Å². The van der Waals surface area contributed by atoms with Crippen LogP contribution in [0.25, 0.3) is 6.08 Å². The van der Waals surface area contributed by atoms with Crippen LogP contribution in [-0.2, 0) is 0 Å². The Bertz CT molecular complexity index is 670. The Hall–Kier alpha value is -2.30. The van der Waals surface area contributed by atoms with Crippen LogP contribution in [0.1, 0.15) is 67.5 Å². The van der Waals surface area contributed by atoms with Gasteiger partial charge in [-0.25, -0.2) is 0 Å². The lowest BCUT2D eigenvalue weighted by Gasteiger charge is -2.04. The van der Waals surface area contributed by atoms with E-state index in [1.165, 1.54) is 18.9 Å². The van der Waals surface area contributed by atoms with Crippen LogP contribution in [0.5, 0.6) is 5.75 Å². The average molecular weight is 303 g/mol. The van der Waals surface area contributed by atoms with Gasteiger partial charge in [0.25, 0.3) is 5.91 Å². The van der Waals surface area contributed by atoms with Gasteiger partial charge in [-0.05, 0) is 25.8 Å². The standard InChI is InChI=1S/C17H21NO4/c1-3-4-5-6-7-8-9-10-12-14(19)15(20)13-16(22-12)11(2)18-17(13)21/h7-11,19H,3-6H2,1-2H3,(H,18,21)/b8-7+,10-9+. The van der Waals surface area contributed by atoms with Crippen molar-refractivity contribution in [2.45, 2.75) is 45.6 Å². The van der Waals surface area contributed by atoms with Crippen molar-refractivity contribution in [3.05, 3.63) is 45.5 Å². The molecule has 2 rings (SSSR count). The van der Waals surface area contributed by atoms with Gasteiger partial charge in [0.05, 0.1) is 6.04 Å². The van der Waals surface area contributed by atoms with E-state index in [4.69, 9.17) is 4.42 Å². The predicted molar refractivity (Wildman–Crippen MR) is 84.8 cm³/mol. The van der Waals surface area contributed by atoms with Crippen molar-refractivity contribution in [2.24, 2.45) is 0 Å². The fourth-order valence-electron chi connectivity index (χ4n) is 2.36. The van der Waals surface area contributed by atoms with Crippen molar-refractivity contribution < 1.29 is 14.3 Å². The van der Waals surface area contributed by atoms with Gasteiger partial charge in [0.2, 0.25) is 11.2 Å². The number of fused-ring (bicyclic) bond motifs is 1. The first-order chi connectivity index (χ1) is 10.6. The number of nitrogens with one attached hydrogen (secondary N) is 1. The van der Waals surface area contributed by atoms with Crippen LogP contribution >= 0.6 is 0 Å². The minimum atomic E-state index is -0.685. The third-order valence-electron chi connectivity index (χ3n) is 3.58. The predicted octanol–water partition coefficient (Wildman–Crippen LogP) is 3.30. The molecule has 0 aliphatic carbocycles. The third kappa shape index (κ3) is 3.30. The lowest BCUT2D eigenvalue weighted by atomic mass is 10.1. The first-order valence-corrected chi connectivity index (χ1v) is 7.60. The van der Waals surface area contributed by atoms with E-state index < -0.39 is 17.1 Å². The number of carbonyl (C=O) groups is 1. The second-order valence-electron chi connectivity index (χ2n) is 5.36. The van der Waals surface area contributed by atoms with E-state index in [2.05, 4.69) is 12.2 Å². The summed E-state index contributed by atoms with van der Waals surface area (Å²) < 4.78 is 5.51. The highest BCUT2D eigenvalue weighted by atomic mass is 16.4. The number of rotatable bonds is 6. The largest absolute Gasteiger partial charge is 0.502 e. The molecule has 0 bridgehead atoms. The summed E-state index contributed by atoms with van der Waals surface area (Å²) in [6.07, 6.45) is 11.7. The number of allylic oxidation sites excluding steroid dienone is 3. The Labute approximate surface area is 129 Å². The third-order valence-corrected chi connectivity index (χ3v) is 3.58. The summed E-state index contributed by atoms with van der Waals surface area (Å²) in [5.74, 6) is -0.679. The summed E-state index contributed by atoms with van der Waals surface area (Å²) in [6.45, 7) is 3.88. The smallest absolute Gasteiger partial charge is 0.259 e. The molecule has 0 aromatic carbocycles. The highest BCUT2D eigenvalue weighted by Crippen LogP contribution is 2.27. The lowest BCUT2D eigenvalue weighted by Crippen LogP contribution is -2.20. The minimum Gasteiger partial charge on any atom is -0.502 e. The molecule has 22 heavy (non-hydrogen) atoms. The fourth-order valence-corrected chi connectivity index (χ4v) is 2.36. The van der Waals surface area contributed by atoms with Crippen LogP contribution < -0.4 is 10.7 Å². The highest BCUT2D eigenvalue weighted by Gasteiger charge is 2.33. The molecule has 1 unspecified atom stereocenters. The maximum atomic E-state index is 12.0. The highest BCUT2D eigenvalue weighted by molar-refractivity contribution is 5.98. The summed E-state index contributed by atoms with van der Waals surface area (Å²) in [6, 6.07) is -0.368. The number of unbranched alkanes of at least 4 members (excludes halogenated alkanes) is 3. The summed E-state index contributed by atoms with van der Waals surface area (Å²) in [5.41, 5.74) is -0.785. The molecule has 5 heteroatoms. The molecule has 0 saturated carbocycles. The van der Waals surface area contributed by atoms with E-state index in [0.29, 0.717) is 0 Å². The number of amides is 1. The van der Waals surface area contributed by atoms with E-state index in [-0.39, 0.29) is 23.1 Å². The molecular formula is C17H21NO4. The molecular weight excluding hydrogens is 282 g/mol. The number of carbonyl (C=O) groups excluding carboxylic acids is 1. The fraction of sp³-hybridized carbons (Fsp3) is 0.412. The number of hydrogen-bond donors (Lipinski definition) is 2. The van der Waals surface area contributed by atoms with Crippen LogP contribution in [0.4, 0.5) is 0 Å². The van der Waals surface area contributed by atoms with E-state index in [1.54, 1.807) is 13.0 Å². The molecule has 0 fully saturated rings. The van der Waals surface area contributed by atoms with E-state index in [1.807, 2.05) is 12.2 Å². The van der Waals surface area contributed by atoms with Crippen LogP contribution in [0, 0.1) is 0 Å². The first-order valence-electron chi connectivity index (χ1n) is 7.60. The molecule has 1 aliphatic heterocycles. The van der Waals surface area contributed by atoms with Crippen LogP contribution in [0.3, 0.4) is 0 Å². The second-order valence-corrected chi connectivity index (χ2v) is 5.36. The van der Waals surface area contributed by atoms with Crippen LogP contribution in [0.2, 0.25) is 0 Å². The molecule has 118 valence electrons. The Morgan fingerprint density at radius 3 is 2.77 bits per heavy atom. The summed E-state index contributed by atoms with van der Waals surface area (Å²) in [7, 11) is 0. The molecule has 0 spiro atoms. The van der Waals surface area contributed by atoms with E-state index in [9.17, 15) is 14.7 Å². The topological polar surface area (TPSA) is 79.5 Å². The lowest BCUT2D eigenvalue weighted by molar-refractivity contribution is 0.0957. The Morgan fingerprint density at radius 1 is 1.27 bits per heavy atom. The summed E-state index contributed by atoms with van der Waals surface area (Å²) >= 11 is 0. The molecule has 2 N–H and O–H groups in total. The second kappa shape index (κ2) is 7.11. The van der Waals surface area contributed by atoms with Crippen LogP contribution in [0.15, 0.2) is 27.4 Å². The molecule has 1 aromatic rings. The van der Waals surface area contributed by atoms with Crippen molar-refractivity contribution in [1.29, 1.82) is 0 Å². The summed E-state index contributed by atoms with van der Waals surface area (Å²) in [4.78, 5) is 23.7. The van der Waals surface area contributed by atoms with Gasteiger partial charge in [-0.3, -0.25) is 9.59 Å². The van der Waals surface area contributed by atoms with Crippen molar-refractivity contribution in [2.75, 3.05) is 0 Å².